The molecule has 2 aromatic heterocycles. The van der Waals surface area contributed by atoms with Gasteiger partial charge in [0.05, 0.1) is 11.4 Å². The second kappa shape index (κ2) is 9.18. The number of carbonyl (C=O) groups is 1. The van der Waals surface area contributed by atoms with Gasteiger partial charge in [-0.1, -0.05) is 24.3 Å². The lowest BCUT2D eigenvalue weighted by molar-refractivity contribution is 0.0361. The highest BCUT2D eigenvalue weighted by Gasteiger charge is 2.39. The maximum absolute atomic E-state index is 15.9. The Morgan fingerprint density at radius 3 is 2.72 bits per heavy atom. The molecule has 3 heterocycles. The minimum Gasteiger partial charge on any atom is -0.377 e. The molecule has 0 saturated carbocycles. The number of piperidine rings is 1. The van der Waals surface area contributed by atoms with Crippen LogP contribution in [0.5, 0.6) is 0 Å². The number of carbonyl (C=O) groups excluding carboxylic acids is 1. The van der Waals surface area contributed by atoms with Crippen molar-refractivity contribution >= 4 is 43.4 Å². The number of amides is 1. The molecule has 4 aromatic rings. The zero-order valence-electron chi connectivity index (χ0n) is 20.2. The van der Waals surface area contributed by atoms with Gasteiger partial charge in [0, 0.05) is 55.2 Å². The zero-order valence-corrected chi connectivity index (χ0v) is 21.0. The second-order valence-electron chi connectivity index (χ2n) is 9.45. The van der Waals surface area contributed by atoms with Gasteiger partial charge in [-0.15, -0.1) is 0 Å². The number of benzene rings is 2. The minimum absolute atomic E-state index is 0.0987. The van der Waals surface area contributed by atoms with Crippen molar-refractivity contribution in [3.05, 3.63) is 66.5 Å². The number of rotatable bonds is 6. The molecule has 0 radical (unpaired) electrons. The van der Waals surface area contributed by atoms with Gasteiger partial charge in [0.25, 0.3) is 5.91 Å². The van der Waals surface area contributed by atoms with E-state index in [9.17, 15) is 13.2 Å². The summed E-state index contributed by atoms with van der Waals surface area (Å²) in [6, 6.07) is 15.9. The Morgan fingerprint density at radius 1 is 1.17 bits per heavy atom. The second-order valence-corrected chi connectivity index (χ2v) is 11.2. The first-order valence-corrected chi connectivity index (χ1v) is 13.3. The average Bonchev–Trinajstić information content (AvgIpc) is 3.31. The summed E-state index contributed by atoms with van der Waals surface area (Å²) in [7, 11) is -0.216. The van der Waals surface area contributed by atoms with E-state index in [1.165, 1.54) is 11.0 Å². The van der Waals surface area contributed by atoms with Crippen molar-refractivity contribution in [3.63, 3.8) is 0 Å². The van der Waals surface area contributed by atoms with E-state index < -0.39 is 22.2 Å². The maximum Gasteiger partial charge on any atom is 0.270 e. The van der Waals surface area contributed by atoms with Crippen molar-refractivity contribution < 1.29 is 17.6 Å². The Kier molecular flexibility index (Phi) is 6.17. The highest BCUT2D eigenvalue weighted by molar-refractivity contribution is 7.89. The van der Waals surface area contributed by atoms with Gasteiger partial charge in [0.1, 0.15) is 17.0 Å². The summed E-state index contributed by atoms with van der Waals surface area (Å²) in [4.78, 5) is 23.7. The summed E-state index contributed by atoms with van der Waals surface area (Å²) in [6.45, 7) is -0.217. The molecular formula is C26H28FN5O3S. The third kappa shape index (κ3) is 4.54. The van der Waals surface area contributed by atoms with E-state index in [1.54, 1.807) is 36.5 Å². The van der Waals surface area contributed by atoms with Gasteiger partial charge in [-0.25, -0.2) is 22.5 Å². The van der Waals surface area contributed by atoms with Gasteiger partial charge >= 0.3 is 0 Å². The van der Waals surface area contributed by atoms with Crippen molar-refractivity contribution in [1.82, 2.24) is 19.6 Å². The molecule has 10 heteroatoms. The van der Waals surface area contributed by atoms with E-state index in [4.69, 9.17) is 0 Å². The largest absolute Gasteiger partial charge is 0.377 e. The molecule has 0 bridgehead atoms. The third-order valence-corrected chi connectivity index (χ3v) is 8.11. The monoisotopic (exact) mass is 509 g/mol. The van der Waals surface area contributed by atoms with E-state index in [-0.39, 0.29) is 23.8 Å². The van der Waals surface area contributed by atoms with Crippen LogP contribution in [0.25, 0.3) is 21.8 Å². The van der Waals surface area contributed by atoms with Crippen molar-refractivity contribution in [2.24, 2.45) is 0 Å². The first-order valence-electron chi connectivity index (χ1n) is 11.8. The van der Waals surface area contributed by atoms with Crippen LogP contribution in [0.4, 0.5) is 10.1 Å². The van der Waals surface area contributed by atoms with E-state index in [0.29, 0.717) is 29.7 Å². The van der Waals surface area contributed by atoms with Crippen LogP contribution in [-0.4, -0.2) is 68.6 Å². The number of nitrogens with zero attached hydrogens (tertiary/aromatic N) is 3. The number of hydrogen-bond donors (Lipinski definition) is 2. The molecule has 36 heavy (non-hydrogen) atoms. The molecule has 0 aliphatic carbocycles. The number of H-pyrrole nitrogens is 1. The Bertz CT molecular complexity index is 1520. The van der Waals surface area contributed by atoms with E-state index in [0.717, 1.165) is 16.5 Å². The van der Waals surface area contributed by atoms with Gasteiger partial charge in [0.15, 0.2) is 0 Å². The number of anilines is 1. The standard InChI is InChI=1S/C26H28FN5O3S/c1-31(2)22-10-3-9-20-19(22)8-4-11-23(20)36(34,35)29-16-26(27)12-6-14-32(17-26)25(33)21-15-18-7-5-13-28-24(18)30-21/h3-5,7-11,13,15,29H,6,12,14,16-17H2,1-2H3,(H,28,30). The van der Waals surface area contributed by atoms with Crippen molar-refractivity contribution in [2.75, 3.05) is 38.6 Å². The molecule has 0 spiro atoms. The number of fused-ring (bicyclic) bond motifs is 2. The van der Waals surface area contributed by atoms with Crippen LogP contribution in [0.3, 0.4) is 0 Å². The Hall–Kier alpha value is -3.50. The Labute approximate surface area is 209 Å². The van der Waals surface area contributed by atoms with Crippen LogP contribution >= 0.6 is 0 Å². The summed E-state index contributed by atoms with van der Waals surface area (Å²) >= 11 is 0. The smallest absolute Gasteiger partial charge is 0.270 e. The molecule has 1 saturated heterocycles. The molecule has 1 atom stereocenters. The van der Waals surface area contributed by atoms with Crippen LogP contribution in [0.1, 0.15) is 23.3 Å². The molecule has 1 fully saturated rings. The topological polar surface area (TPSA) is 98.4 Å². The van der Waals surface area contributed by atoms with Gasteiger partial charge in [-0.2, -0.15) is 0 Å². The number of aromatic amines is 1. The van der Waals surface area contributed by atoms with E-state index in [2.05, 4.69) is 14.7 Å². The lowest BCUT2D eigenvalue weighted by Crippen LogP contribution is -2.53. The summed E-state index contributed by atoms with van der Waals surface area (Å²) < 4.78 is 44.9. The molecular weight excluding hydrogens is 481 g/mol. The zero-order chi connectivity index (χ0) is 25.5. The Balaban J connectivity index is 1.34. The fourth-order valence-electron chi connectivity index (χ4n) is 4.84. The molecule has 1 aliphatic heterocycles. The number of halogens is 1. The molecule has 1 aliphatic rings. The van der Waals surface area contributed by atoms with Crippen LogP contribution < -0.4 is 9.62 Å². The number of pyridine rings is 1. The third-order valence-electron chi connectivity index (χ3n) is 6.65. The fraction of sp³-hybridized carbons (Fsp3) is 0.308. The van der Waals surface area contributed by atoms with Crippen molar-refractivity contribution in [2.45, 2.75) is 23.4 Å². The molecule has 1 amide bonds. The quantitative estimate of drug-likeness (QED) is 0.413. The van der Waals surface area contributed by atoms with E-state index >= 15 is 4.39 Å². The van der Waals surface area contributed by atoms with Gasteiger partial charge in [0.2, 0.25) is 10.0 Å². The van der Waals surface area contributed by atoms with Crippen LogP contribution in [-0.2, 0) is 10.0 Å². The first kappa shape index (κ1) is 24.2. The predicted octanol–water partition coefficient (Wildman–Crippen LogP) is 3.70. The van der Waals surface area contributed by atoms with Crippen molar-refractivity contribution in [3.8, 4) is 0 Å². The number of nitrogens with one attached hydrogen (secondary N) is 2. The van der Waals surface area contributed by atoms with Crippen molar-refractivity contribution in [1.29, 1.82) is 0 Å². The molecule has 2 N–H and O–H groups in total. The number of hydrogen-bond acceptors (Lipinski definition) is 5. The number of aromatic nitrogens is 2. The average molecular weight is 510 g/mol. The molecule has 188 valence electrons. The summed E-state index contributed by atoms with van der Waals surface area (Å²) in [5.41, 5.74) is -0.0734. The first-order chi connectivity index (χ1) is 17.2. The van der Waals surface area contributed by atoms with Gasteiger partial charge in [-0.3, -0.25) is 4.79 Å². The van der Waals surface area contributed by atoms with E-state index in [1.807, 2.05) is 37.2 Å². The highest BCUT2D eigenvalue weighted by atomic mass is 32.2. The number of likely N-dealkylation sites (tertiary alicyclic amines) is 1. The summed E-state index contributed by atoms with van der Waals surface area (Å²) in [5, 5.41) is 2.16. The van der Waals surface area contributed by atoms with Crippen LogP contribution in [0, 0.1) is 0 Å². The van der Waals surface area contributed by atoms with Gasteiger partial charge in [-0.05, 0) is 43.2 Å². The summed E-state index contributed by atoms with van der Waals surface area (Å²) in [5.74, 6) is -0.331. The van der Waals surface area contributed by atoms with Gasteiger partial charge < -0.3 is 14.8 Å². The predicted molar refractivity (Wildman–Crippen MR) is 139 cm³/mol. The molecule has 2 aromatic carbocycles. The maximum atomic E-state index is 15.9. The summed E-state index contributed by atoms with van der Waals surface area (Å²) in [6.07, 6.45) is 2.22. The lowest BCUT2D eigenvalue weighted by Gasteiger charge is -2.37. The minimum atomic E-state index is -4.00. The lowest BCUT2D eigenvalue weighted by atomic mass is 9.94. The highest BCUT2D eigenvalue weighted by Crippen LogP contribution is 2.31. The van der Waals surface area contributed by atoms with Crippen LogP contribution in [0.2, 0.25) is 0 Å². The normalized spacial score (nSPS) is 18.6. The SMILES string of the molecule is CN(C)c1cccc2c(S(=O)(=O)NCC3(F)CCCN(C(=O)c4cc5cccnc5[nH]4)C3)cccc12. The number of sulfonamides is 1. The fourth-order valence-corrected chi connectivity index (χ4v) is 6.17. The Morgan fingerprint density at radius 2 is 1.94 bits per heavy atom. The van der Waals surface area contributed by atoms with Crippen LogP contribution in [0.15, 0.2) is 65.7 Å². The number of alkyl halides is 1. The molecule has 1 unspecified atom stereocenters. The molecule has 8 nitrogen and oxygen atoms in total. The molecule has 5 rings (SSSR count).